The number of hydrogen-bond donors (Lipinski definition) is 1. The molecule has 0 bridgehead atoms. The predicted octanol–water partition coefficient (Wildman–Crippen LogP) is 3.91. The van der Waals surface area contributed by atoms with E-state index in [1.165, 1.54) is 5.56 Å². The smallest absolute Gasteiger partial charge is 0.243 e. The van der Waals surface area contributed by atoms with Crippen molar-refractivity contribution in [3.8, 4) is 17.0 Å². The summed E-state index contributed by atoms with van der Waals surface area (Å²) >= 11 is 0. The van der Waals surface area contributed by atoms with Crippen molar-refractivity contribution in [3.05, 3.63) is 84.3 Å². The molecule has 0 aliphatic carbocycles. The molecule has 0 spiro atoms. The van der Waals surface area contributed by atoms with Gasteiger partial charge in [0.25, 0.3) is 0 Å². The summed E-state index contributed by atoms with van der Waals surface area (Å²) in [6, 6.07) is 15.8. The van der Waals surface area contributed by atoms with Crippen molar-refractivity contribution in [2.45, 2.75) is 32.5 Å². The Hall–Kier alpha value is -4.48. The van der Waals surface area contributed by atoms with E-state index in [1.807, 2.05) is 76.1 Å². The van der Waals surface area contributed by atoms with Crippen LogP contribution < -0.4 is 4.74 Å². The van der Waals surface area contributed by atoms with Gasteiger partial charge in [0.05, 0.1) is 49.4 Å². The number of hydrogen-bond acceptors (Lipinski definition) is 7. The number of ether oxygens (including phenoxy) is 2. The minimum absolute atomic E-state index is 0.0395. The summed E-state index contributed by atoms with van der Waals surface area (Å²) in [5.41, 5.74) is 4.77. The average molecular weight is 595 g/mol. The van der Waals surface area contributed by atoms with Gasteiger partial charge in [0, 0.05) is 50.6 Å². The molecular weight excluding hydrogens is 556 g/mol. The maximum absolute atomic E-state index is 14.1. The first kappa shape index (κ1) is 28.3. The third-order valence-electron chi connectivity index (χ3n) is 8.81. The summed E-state index contributed by atoms with van der Waals surface area (Å²) in [5.74, 6) is 2.88. The van der Waals surface area contributed by atoms with Crippen LogP contribution in [-0.2, 0) is 22.6 Å². The van der Waals surface area contributed by atoms with Crippen LogP contribution in [0.3, 0.4) is 0 Å². The van der Waals surface area contributed by atoms with Crippen molar-refractivity contribution >= 4 is 16.9 Å². The molecule has 11 nitrogen and oxygen atoms in total. The highest BCUT2D eigenvalue weighted by molar-refractivity contribution is 5.82. The predicted molar refractivity (Wildman–Crippen MR) is 166 cm³/mol. The number of H-pyrrole nitrogens is 1. The van der Waals surface area contributed by atoms with E-state index in [0.717, 1.165) is 72.4 Å². The standard InChI is InChI=1S/C33H38N8O3/c1-23-36-28-9-8-27(43-2)14-30(28)41(23)21-32(42)40-12-11-38(17-25-10-13-44-22-25)20-31(40)33-34-16-29(37-33)26-15-35-39(19-26)18-24-6-4-3-5-7-24/h3-9,14-16,19,25,31H,10-13,17-18,20-22H2,1-2H3,(H,34,37)/t25?,31-/m0/s1. The van der Waals surface area contributed by atoms with Gasteiger partial charge in [-0.05, 0) is 37.0 Å². The molecule has 0 saturated carbocycles. The number of aromatic nitrogens is 6. The molecule has 2 saturated heterocycles. The normalized spacial score (nSPS) is 19.2. The third kappa shape index (κ3) is 5.85. The van der Waals surface area contributed by atoms with E-state index in [-0.39, 0.29) is 18.5 Å². The number of methoxy groups -OCH3 is 1. The molecule has 2 aliphatic rings. The quantitative estimate of drug-likeness (QED) is 0.276. The number of benzene rings is 2. The maximum atomic E-state index is 14.1. The molecule has 1 N–H and O–H groups in total. The van der Waals surface area contributed by atoms with Crippen molar-refractivity contribution in [2.24, 2.45) is 5.92 Å². The fraction of sp³-hybridized carbons (Fsp3) is 0.394. The van der Waals surface area contributed by atoms with Crippen molar-refractivity contribution in [3.63, 3.8) is 0 Å². The number of nitrogens with one attached hydrogen (secondary N) is 1. The summed E-state index contributed by atoms with van der Waals surface area (Å²) < 4.78 is 15.0. The number of carbonyl (C=O) groups is 1. The number of aryl methyl sites for hydroxylation is 1. The second kappa shape index (κ2) is 12.3. The van der Waals surface area contributed by atoms with Gasteiger partial charge >= 0.3 is 0 Å². The highest BCUT2D eigenvalue weighted by atomic mass is 16.5. The van der Waals surface area contributed by atoms with Crippen molar-refractivity contribution in [1.82, 2.24) is 39.1 Å². The van der Waals surface area contributed by atoms with Crippen LogP contribution in [0.25, 0.3) is 22.3 Å². The van der Waals surface area contributed by atoms with Gasteiger partial charge in [0.1, 0.15) is 30.0 Å². The molecule has 2 fully saturated rings. The van der Waals surface area contributed by atoms with E-state index in [9.17, 15) is 4.79 Å². The Morgan fingerprint density at radius 3 is 2.84 bits per heavy atom. The number of carbonyl (C=O) groups excluding carboxylic acids is 1. The van der Waals surface area contributed by atoms with E-state index >= 15 is 0 Å². The van der Waals surface area contributed by atoms with Crippen LogP contribution in [0.15, 0.2) is 67.1 Å². The Morgan fingerprint density at radius 1 is 1.14 bits per heavy atom. The lowest BCUT2D eigenvalue weighted by atomic mass is 10.1. The van der Waals surface area contributed by atoms with Gasteiger partial charge in [-0.25, -0.2) is 9.97 Å². The lowest BCUT2D eigenvalue weighted by Gasteiger charge is -2.41. The molecular formula is C33H38N8O3. The summed E-state index contributed by atoms with van der Waals surface area (Å²) in [6.45, 7) is 7.57. The van der Waals surface area contributed by atoms with Crippen LogP contribution in [0.4, 0.5) is 0 Å². The minimum atomic E-state index is -0.212. The molecule has 3 aromatic heterocycles. The van der Waals surface area contributed by atoms with Gasteiger partial charge in [-0.1, -0.05) is 30.3 Å². The molecule has 1 amide bonds. The van der Waals surface area contributed by atoms with Crippen molar-refractivity contribution < 1.29 is 14.3 Å². The monoisotopic (exact) mass is 594 g/mol. The fourth-order valence-electron chi connectivity index (χ4n) is 6.42. The first-order chi connectivity index (χ1) is 21.5. The van der Waals surface area contributed by atoms with Gasteiger partial charge in [-0.3, -0.25) is 14.4 Å². The largest absolute Gasteiger partial charge is 0.497 e. The van der Waals surface area contributed by atoms with Crippen LogP contribution in [0.5, 0.6) is 5.75 Å². The zero-order chi connectivity index (χ0) is 30.0. The average Bonchev–Trinajstić information content (AvgIpc) is 3.86. The zero-order valence-electron chi connectivity index (χ0n) is 25.2. The molecule has 11 heteroatoms. The molecule has 228 valence electrons. The van der Waals surface area contributed by atoms with E-state index in [2.05, 4.69) is 32.1 Å². The number of nitrogens with zero attached hydrogens (tertiary/aromatic N) is 7. The second-order valence-electron chi connectivity index (χ2n) is 11.8. The van der Waals surface area contributed by atoms with E-state index in [0.29, 0.717) is 25.6 Å². The molecule has 2 aliphatic heterocycles. The minimum Gasteiger partial charge on any atom is -0.497 e. The van der Waals surface area contributed by atoms with Crippen LogP contribution >= 0.6 is 0 Å². The van der Waals surface area contributed by atoms with E-state index in [4.69, 9.17) is 14.5 Å². The lowest BCUT2D eigenvalue weighted by molar-refractivity contribution is -0.137. The number of aromatic amines is 1. The zero-order valence-corrected chi connectivity index (χ0v) is 25.2. The van der Waals surface area contributed by atoms with Crippen molar-refractivity contribution in [1.29, 1.82) is 0 Å². The van der Waals surface area contributed by atoms with Gasteiger partial charge in [-0.2, -0.15) is 5.10 Å². The van der Waals surface area contributed by atoms with Crippen molar-refractivity contribution in [2.75, 3.05) is 46.5 Å². The summed E-state index contributed by atoms with van der Waals surface area (Å²) in [4.78, 5) is 31.5. The summed E-state index contributed by atoms with van der Waals surface area (Å²) in [7, 11) is 1.65. The number of piperazine rings is 1. The van der Waals surface area contributed by atoms with Crippen LogP contribution in [0.2, 0.25) is 0 Å². The molecule has 2 atom stereocenters. The molecule has 7 rings (SSSR count). The Bertz CT molecular complexity index is 1740. The number of fused-ring (bicyclic) bond motifs is 1. The Morgan fingerprint density at radius 2 is 2.02 bits per heavy atom. The first-order valence-electron chi connectivity index (χ1n) is 15.3. The van der Waals surface area contributed by atoms with Gasteiger partial charge in [0.15, 0.2) is 0 Å². The molecule has 5 heterocycles. The lowest BCUT2D eigenvalue weighted by Crippen LogP contribution is -2.52. The number of imidazole rings is 2. The molecule has 2 aromatic carbocycles. The summed E-state index contributed by atoms with van der Waals surface area (Å²) in [6.07, 6.45) is 6.82. The van der Waals surface area contributed by atoms with Crippen LogP contribution in [0.1, 0.15) is 29.7 Å². The Labute approximate surface area is 256 Å². The topological polar surface area (TPSA) is 106 Å². The third-order valence-corrected chi connectivity index (χ3v) is 8.81. The van der Waals surface area contributed by atoms with Gasteiger partial charge in [-0.15, -0.1) is 0 Å². The highest BCUT2D eigenvalue weighted by Crippen LogP contribution is 2.29. The molecule has 0 radical (unpaired) electrons. The SMILES string of the molecule is COc1ccc2nc(C)n(CC(=O)N3CCN(CC4CCOC4)C[C@H]3c3ncc(-c4cnn(Cc5ccccc5)c4)[nH]3)c2c1. The summed E-state index contributed by atoms with van der Waals surface area (Å²) in [5, 5.41) is 4.58. The first-order valence-corrected chi connectivity index (χ1v) is 15.3. The number of rotatable bonds is 9. The van der Waals surface area contributed by atoms with E-state index in [1.54, 1.807) is 7.11 Å². The molecule has 1 unspecified atom stereocenters. The van der Waals surface area contributed by atoms with E-state index < -0.39 is 0 Å². The second-order valence-corrected chi connectivity index (χ2v) is 11.8. The number of amides is 1. The Kier molecular flexibility index (Phi) is 7.88. The van der Waals surface area contributed by atoms with Gasteiger partial charge in [0.2, 0.25) is 5.91 Å². The highest BCUT2D eigenvalue weighted by Gasteiger charge is 2.35. The maximum Gasteiger partial charge on any atom is 0.243 e. The van der Waals surface area contributed by atoms with Crippen LogP contribution in [-0.4, -0.2) is 91.5 Å². The van der Waals surface area contributed by atoms with Crippen LogP contribution in [0, 0.1) is 12.8 Å². The molecule has 44 heavy (non-hydrogen) atoms. The fourth-order valence-corrected chi connectivity index (χ4v) is 6.42. The Balaban J connectivity index is 1.13. The van der Waals surface area contributed by atoms with Gasteiger partial charge < -0.3 is 23.9 Å². The molecule has 5 aromatic rings.